The molecule has 4 nitrogen and oxygen atoms in total. The first-order valence-corrected chi connectivity index (χ1v) is 4.54. The second kappa shape index (κ2) is 4.72. The van der Waals surface area contributed by atoms with Crippen LogP contribution in [0.1, 0.15) is 36.1 Å². The van der Waals surface area contributed by atoms with E-state index in [0.717, 1.165) is 0 Å². The zero-order valence-electron chi connectivity index (χ0n) is 8.36. The Balaban J connectivity index is 2.88. The molecule has 0 radical (unpaired) electrons. The molecule has 0 saturated heterocycles. The molecule has 0 fully saturated rings. The summed E-state index contributed by atoms with van der Waals surface area (Å²) in [5.41, 5.74) is 6.64. The fourth-order valence-electron chi connectivity index (χ4n) is 1.02. The van der Waals surface area contributed by atoms with Crippen molar-refractivity contribution in [3.63, 3.8) is 0 Å². The Morgan fingerprint density at radius 3 is 2.93 bits per heavy atom. The van der Waals surface area contributed by atoms with Crippen molar-refractivity contribution in [2.75, 3.05) is 6.61 Å². The molecule has 0 spiro atoms. The zero-order valence-corrected chi connectivity index (χ0v) is 8.36. The molecule has 0 bridgehead atoms. The van der Waals surface area contributed by atoms with Crippen molar-refractivity contribution in [1.29, 1.82) is 0 Å². The molecule has 1 aromatic heterocycles. The monoisotopic (exact) mass is 194 g/mol. The molecule has 1 heterocycles. The van der Waals surface area contributed by atoms with Gasteiger partial charge in [0.2, 0.25) is 0 Å². The minimum absolute atomic E-state index is 0.177. The fraction of sp³-hybridized carbons (Fsp3) is 0.400. The maximum atomic E-state index is 11.3. The minimum atomic E-state index is -0.407. The molecule has 1 rings (SSSR count). The van der Waals surface area contributed by atoms with Crippen LogP contribution in [-0.2, 0) is 4.74 Å². The van der Waals surface area contributed by atoms with Crippen molar-refractivity contribution in [1.82, 2.24) is 4.98 Å². The number of hydrogen-bond acceptors (Lipinski definition) is 4. The molecule has 14 heavy (non-hydrogen) atoms. The lowest BCUT2D eigenvalue weighted by atomic mass is 10.2. The maximum absolute atomic E-state index is 11.3. The van der Waals surface area contributed by atoms with Crippen LogP contribution in [-0.4, -0.2) is 17.6 Å². The number of pyridine rings is 1. The van der Waals surface area contributed by atoms with Gasteiger partial charge in [0.1, 0.15) is 5.69 Å². The van der Waals surface area contributed by atoms with E-state index in [1.807, 2.05) is 6.92 Å². The summed E-state index contributed by atoms with van der Waals surface area (Å²) in [4.78, 5) is 15.4. The number of aromatic nitrogens is 1. The lowest BCUT2D eigenvalue weighted by molar-refractivity contribution is 0.0519. The Morgan fingerprint density at radius 2 is 2.36 bits per heavy atom. The SMILES string of the molecule is CCOC(=O)c1cccc(C(C)N)n1. The molecule has 0 amide bonds. The van der Waals surface area contributed by atoms with Gasteiger partial charge in [0.15, 0.2) is 0 Å². The maximum Gasteiger partial charge on any atom is 0.356 e. The molecule has 2 N–H and O–H groups in total. The first-order chi connectivity index (χ1) is 6.65. The molecule has 0 aliphatic rings. The van der Waals surface area contributed by atoms with Crippen LogP contribution >= 0.6 is 0 Å². The molecular weight excluding hydrogens is 180 g/mol. The molecule has 0 aliphatic heterocycles. The van der Waals surface area contributed by atoms with Crippen LogP contribution in [0.4, 0.5) is 0 Å². The second-order valence-electron chi connectivity index (χ2n) is 2.96. The Morgan fingerprint density at radius 1 is 1.64 bits per heavy atom. The van der Waals surface area contributed by atoms with Crippen molar-refractivity contribution < 1.29 is 9.53 Å². The van der Waals surface area contributed by atoms with Crippen LogP contribution in [0.25, 0.3) is 0 Å². The van der Waals surface area contributed by atoms with Gasteiger partial charge in [-0.3, -0.25) is 0 Å². The van der Waals surface area contributed by atoms with Gasteiger partial charge in [-0.1, -0.05) is 6.07 Å². The number of rotatable bonds is 3. The summed E-state index contributed by atoms with van der Waals surface area (Å²) in [5, 5.41) is 0. The van der Waals surface area contributed by atoms with E-state index in [4.69, 9.17) is 10.5 Å². The highest BCUT2D eigenvalue weighted by Crippen LogP contribution is 2.07. The average Bonchev–Trinajstić information content (AvgIpc) is 2.18. The summed E-state index contributed by atoms with van der Waals surface area (Å²) in [6.45, 7) is 3.92. The predicted octanol–water partition coefficient (Wildman–Crippen LogP) is 1.28. The standard InChI is InChI=1S/C10H14N2O2/c1-3-14-10(13)9-6-4-5-8(12-9)7(2)11/h4-7H,3,11H2,1-2H3. The molecule has 1 aromatic rings. The van der Waals surface area contributed by atoms with Gasteiger partial charge in [-0.2, -0.15) is 0 Å². The predicted molar refractivity (Wildman–Crippen MR) is 52.8 cm³/mol. The molecule has 1 atom stereocenters. The number of esters is 1. The van der Waals surface area contributed by atoms with Crippen LogP contribution in [0, 0.1) is 0 Å². The van der Waals surface area contributed by atoms with Gasteiger partial charge in [0, 0.05) is 6.04 Å². The summed E-state index contributed by atoms with van der Waals surface area (Å²) in [7, 11) is 0. The van der Waals surface area contributed by atoms with Crippen molar-refractivity contribution in [3.8, 4) is 0 Å². The average molecular weight is 194 g/mol. The highest BCUT2D eigenvalue weighted by atomic mass is 16.5. The zero-order chi connectivity index (χ0) is 10.6. The first kappa shape index (κ1) is 10.7. The molecule has 1 unspecified atom stereocenters. The molecule has 0 saturated carbocycles. The topological polar surface area (TPSA) is 65.2 Å². The number of carbonyl (C=O) groups excluding carboxylic acids is 1. The Labute approximate surface area is 83.1 Å². The Hall–Kier alpha value is -1.42. The normalized spacial score (nSPS) is 12.2. The number of ether oxygens (including phenoxy) is 1. The Kier molecular flexibility index (Phi) is 3.59. The van der Waals surface area contributed by atoms with E-state index in [2.05, 4.69) is 4.98 Å². The summed E-state index contributed by atoms with van der Waals surface area (Å²) in [5.74, 6) is -0.407. The summed E-state index contributed by atoms with van der Waals surface area (Å²) in [6.07, 6.45) is 0. The van der Waals surface area contributed by atoms with Gasteiger partial charge >= 0.3 is 5.97 Å². The van der Waals surface area contributed by atoms with Crippen LogP contribution < -0.4 is 5.73 Å². The van der Waals surface area contributed by atoms with Gasteiger partial charge in [0.05, 0.1) is 12.3 Å². The number of nitrogens with zero attached hydrogens (tertiary/aromatic N) is 1. The largest absolute Gasteiger partial charge is 0.461 e. The fourth-order valence-corrected chi connectivity index (χ4v) is 1.02. The van der Waals surface area contributed by atoms with Crippen LogP contribution in [0.3, 0.4) is 0 Å². The lowest BCUT2D eigenvalue weighted by Gasteiger charge is -2.06. The van der Waals surface area contributed by atoms with E-state index >= 15 is 0 Å². The van der Waals surface area contributed by atoms with Crippen molar-refractivity contribution >= 4 is 5.97 Å². The van der Waals surface area contributed by atoms with Gasteiger partial charge in [-0.25, -0.2) is 9.78 Å². The Bertz CT molecular complexity index is 324. The second-order valence-corrected chi connectivity index (χ2v) is 2.96. The van der Waals surface area contributed by atoms with Crippen molar-refractivity contribution in [2.45, 2.75) is 19.9 Å². The first-order valence-electron chi connectivity index (χ1n) is 4.54. The summed E-state index contributed by atoms with van der Waals surface area (Å²) in [6, 6.07) is 4.97. The summed E-state index contributed by atoms with van der Waals surface area (Å²) >= 11 is 0. The smallest absolute Gasteiger partial charge is 0.356 e. The van der Waals surface area contributed by atoms with E-state index in [1.54, 1.807) is 25.1 Å². The third-order valence-electron chi connectivity index (χ3n) is 1.72. The van der Waals surface area contributed by atoms with Crippen molar-refractivity contribution in [2.24, 2.45) is 5.73 Å². The molecule has 0 aromatic carbocycles. The molecule has 76 valence electrons. The number of hydrogen-bond donors (Lipinski definition) is 1. The molecule has 0 aliphatic carbocycles. The third-order valence-corrected chi connectivity index (χ3v) is 1.72. The van der Waals surface area contributed by atoms with Crippen LogP contribution in [0.15, 0.2) is 18.2 Å². The minimum Gasteiger partial charge on any atom is -0.461 e. The van der Waals surface area contributed by atoms with Crippen LogP contribution in [0.2, 0.25) is 0 Å². The lowest BCUT2D eigenvalue weighted by Crippen LogP contribution is -2.12. The summed E-state index contributed by atoms with van der Waals surface area (Å²) < 4.78 is 4.82. The molecular formula is C10H14N2O2. The van der Waals surface area contributed by atoms with Gasteiger partial charge in [0.25, 0.3) is 0 Å². The quantitative estimate of drug-likeness (QED) is 0.736. The van der Waals surface area contributed by atoms with Gasteiger partial charge in [-0.05, 0) is 26.0 Å². The highest BCUT2D eigenvalue weighted by Gasteiger charge is 2.09. The number of nitrogens with two attached hydrogens (primary N) is 1. The van der Waals surface area contributed by atoms with E-state index in [0.29, 0.717) is 18.0 Å². The van der Waals surface area contributed by atoms with Gasteiger partial charge in [-0.15, -0.1) is 0 Å². The van der Waals surface area contributed by atoms with E-state index in [9.17, 15) is 4.79 Å². The third kappa shape index (κ3) is 2.53. The van der Waals surface area contributed by atoms with E-state index in [1.165, 1.54) is 0 Å². The van der Waals surface area contributed by atoms with Crippen molar-refractivity contribution in [3.05, 3.63) is 29.6 Å². The molecule has 4 heteroatoms. The highest BCUT2D eigenvalue weighted by molar-refractivity contribution is 5.87. The number of carbonyl (C=O) groups is 1. The van der Waals surface area contributed by atoms with E-state index in [-0.39, 0.29) is 6.04 Å². The van der Waals surface area contributed by atoms with Crippen LogP contribution in [0.5, 0.6) is 0 Å². The van der Waals surface area contributed by atoms with Gasteiger partial charge < -0.3 is 10.5 Å². The van der Waals surface area contributed by atoms with E-state index < -0.39 is 5.97 Å².